The van der Waals surface area contributed by atoms with E-state index in [1.807, 2.05) is 0 Å². The standard InChI is InChI=1S/C12H15NO8/c14-9-8(6-19-13(17)18)21-12(11(16)10(9)15)20-7-4-2-1-3-5-7/h1-5,8-12,14-16H,6H2/t8-,9+,10+,11-,12+/m1/s1. The molecular formula is C12H15NO8. The Bertz CT molecular complexity index is 470. The fourth-order valence-corrected chi connectivity index (χ4v) is 1.92. The molecule has 0 aromatic heterocycles. The fraction of sp³-hybridized carbons (Fsp3) is 0.500. The van der Waals surface area contributed by atoms with Crippen LogP contribution in [-0.2, 0) is 9.57 Å². The summed E-state index contributed by atoms with van der Waals surface area (Å²) in [6, 6.07) is 8.37. The summed E-state index contributed by atoms with van der Waals surface area (Å²) in [5, 5.41) is 38.4. The van der Waals surface area contributed by atoms with Crippen molar-refractivity contribution in [2.75, 3.05) is 6.61 Å². The molecule has 116 valence electrons. The molecule has 1 aromatic carbocycles. The first-order valence-electron chi connectivity index (χ1n) is 6.17. The van der Waals surface area contributed by atoms with Gasteiger partial charge in [-0.15, -0.1) is 10.1 Å². The summed E-state index contributed by atoms with van der Waals surface area (Å²) in [7, 11) is 0. The molecule has 0 saturated carbocycles. The Morgan fingerprint density at radius 2 is 1.81 bits per heavy atom. The van der Waals surface area contributed by atoms with Gasteiger partial charge in [0.1, 0.15) is 36.8 Å². The van der Waals surface area contributed by atoms with Gasteiger partial charge < -0.3 is 29.6 Å². The maximum absolute atomic E-state index is 10.2. The first-order valence-corrected chi connectivity index (χ1v) is 6.17. The van der Waals surface area contributed by atoms with Crippen LogP contribution in [0.2, 0.25) is 0 Å². The van der Waals surface area contributed by atoms with Gasteiger partial charge >= 0.3 is 0 Å². The smallest absolute Gasteiger partial charge is 0.294 e. The normalized spacial score (nSPS) is 32.4. The number of nitrogens with zero attached hydrogens (tertiary/aromatic N) is 1. The molecule has 0 amide bonds. The van der Waals surface area contributed by atoms with Crippen molar-refractivity contribution in [3.05, 3.63) is 40.4 Å². The molecule has 1 saturated heterocycles. The van der Waals surface area contributed by atoms with Gasteiger partial charge in [0.15, 0.2) is 0 Å². The lowest BCUT2D eigenvalue weighted by Crippen LogP contribution is -2.60. The molecule has 1 aromatic rings. The average Bonchev–Trinajstić information content (AvgIpc) is 2.47. The minimum absolute atomic E-state index is 0.374. The van der Waals surface area contributed by atoms with Crippen LogP contribution in [0.4, 0.5) is 0 Å². The maximum Gasteiger partial charge on any atom is 0.294 e. The first kappa shape index (κ1) is 15.4. The van der Waals surface area contributed by atoms with Crippen LogP contribution in [0.15, 0.2) is 30.3 Å². The second kappa shape index (κ2) is 6.68. The molecule has 3 N–H and O–H groups in total. The largest absolute Gasteiger partial charge is 0.462 e. The summed E-state index contributed by atoms with van der Waals surface area (Å²) in [5.41, 5.74) is 0. The summed E-state index contributed by atoms with van der Waals surface area (Å²) >= 11 is 0. The number of para-hydroxylation sites is 1. The van der Waals surface area contributed by atoms with E-state index >= 15 is 0 Å². The number of rotatable bonds is 5. The van der Waals surface area contributed by atoms with Gasteiger partial charge in [0, 0.05) is 0 Å². The van der Waals surface area contributed by atoms with Crippen molar-refractivity contribution in [3.8, 4) is 5.75 Å². The quantitative estimate of drug-likeness (QED) is 0.470. The Balaban J connectivity index is 2.04. The van der Waals surface area contributed by atoms with E-state index in [0.717, 1.165) is 0 Å². The Kier molecular flexibility index (Phi) is 4.91. The van der Waals surface area contributed by atoms with E-state index in [1.165, 1.54) is 0 Å². The van der Waals surface area contributed by atoms with Gasteiger partial charge in [-0.25, -0.2) is 0 Å². The second-order valence-electron chi connectivity index (χ2n) is 4.46. The highest BCUT2D eigenvalue weighted by Crippen LogP contribution is 2.24. The number of ether oxygens (including phenoxy) is 2. The Morgan fingerprint density at radius 3 is 2.43 bits per heavy atom. The first-order chi connectivity index (χ1) is 9.99. The van der Waals surface area contributed by atoms with Crippen LogP contribution in [0, 0.1) is 10.1 Å². The zero-order valence-electron chi connectivity index (χ0n) is 10.8. The van der Waals surface area contributed by atoms with Crippen molar-refractivity contribution in [3.63, 3.8) is 0 Å². The van der Waals surface area contributed by atoms with Crippen LogP contribution in [0.3, 0.4) is 0 Å². The highest BCUT2D eigenvalue weighted by atomic mass is 17.0. The summed E-state index contributed by atoms with van der Waals surface area (Å²) < 4.78 is 10.6. The van der Waals surface area contributed by atoms with Gasteiger partial charge in [0.2, 0.25) is 6.29 Å². The molecule has 9 nitrogen and oxygen atoms in total. The van der Waals surface area contributed by atoms with Crippen LogP contribution in [-0.4, -0.2) is 57.7 Å². The predicted octanol–water partition coefficient (Wildman–Crippen LogP) is -0.919. The number of aliphatic hydroxyl groups excluding tert-OH is 3. The molecule has 1 aliphatic rings. The van der Waals surface area contributed by atoms with Crippen molar-refractivity contribution in [2.45, 2.75) is 30.7 Å². The summed E-state index contributed by atoms with van der Waals surface area (Å²) in [5.74, 6) is 0.374. The minimum Gasteiger partial charge on any atom is -0.462 e. The van der Waals surface area contributed by atoms with Crippen LogP contribution in [0.5, 0.6) is 5.75 Å². The molecule has 0 spiro atoms. The van der Waals surface area contributed by atoms with E-state index in [9.17, 15) is 25.4 Å². The van der Waals surface area contributed by atoms with E-state index < -0.39 is 42.4 Å². The highest BCUT2D eigenvalue weighted by Gasteiger charge is 2.45. The van der Waals surface area contributed by atoms with Gasteiger partial charge in [-0.05, 0) is 12.1 Å². The van der Waals surface area contributed by atoms with Gasteiger partial charge in [-0.3, -0.25) is 0 Å². The Morgan fingerprint density at radius 1 is 1.14 bits per heavy atom. The SMILES string of the molecule is O=[N+]([O-])OC[C@H]1O[C@H](Oc2ccccc2)[C@H](O)[C@@H](O)[C@H]1O. The third kappa shape index (κ3) is 3.79. The molecule has 9 heteroatoms. The Hall–Kier alpha value is -1.94. The highest BCUT2D eigenvalue weighted by molar-refractivity contribution is 5.21. The average molecular weight is 301 g/mol. The zero-order chi connectivity index (χ0) is 15.4. The number of benzene rings is 1. The molecule has 0 unspecified atom stereocenters. The summed E-state index contributed by atoms with van der Waals surface area (Å²) in [6.45, 7) is -0.591. The van der Waals surface area contributed by atoms with E-state index in [-0.39, 0.29) is 0 Å². The molecule has 21 heavy (non-hydrogen) atoms. The predicted molar refractivity (Wildman–Crippen MR) is 66.7 cm³/mol. The van der Waals surface area contributed by atoms with Crippen LogP contribution in [0.1, 0.15) is 0 Å². The van der Waals surface area contributed by atoms with Crippen molar-refractivity contribution in [2.24, 2.45) is 0 Å². The monoisotopic (exact) mass is 301 g/mol. The molecule has 0 aliphatic carbocycles. The molecular weight excluding hydrogens is 286 g/mol. The molecule has 1 heterocycles. The fourth-order valence-electron chi connectivity index (χ4n) is 1.92. The number of hydrogen-bond acceptors (Lipinski definition) is 8. The van der Waals surface area contributed by atoms with Crippen molar-refractivity contribution >= 4 is 0 Å². The van der Waals surface area contributed by atoms with Crippen LogP contribution < -0.4 is 4.74 Å². The minimum atomic E-state index is -1.58. The molecule has 2 rings (SSSR count). The molecule has 1 fully saturated rings. The Labute approximate surface area is 119 Å². The lowest BCUT2D eigenvalue weighted by Gasteiger charge is -2.39. The van der Waals surface area contributed by atoms with Gasteiger partial charge in [0.05, 0.1) is 0 Å². The topological polar surface area (TPSA) is 132 Å². The molecule has 0 bridgehead atoms. The van der Waals surface area contributed by atoms with E-state index in [1.54, 1.807) is 30.3 Å². The van der Waals surface area contributed by atoms with Gasteiger partial charge in [0.25, 0.3) is 5.09 Å². The van der Waals surface area contributed by atoms with E-state index in [2.05, 4.69) is 4.84 Å². The van der Waals surface area contributed by atoms with E-state index in [0.29, 0.717) is 5.75 Å². The van der Waals surface area contributed by atoms with Crippen molar-refractivity contribution < 1.29 is 34.7 Å². The lowest BCUT2D eigenvalue weighted by molar-refractivity contribution is -0.760. The third-order valence-electron chi connectivity index (χ3n) is 3.01. The van der Waals surface area contributed by atoms with Crippen molar-refractivity contribution in [1.29, 1.82) is 0 Å². The second-order valence-corrected chi connectivity index (χ2v) is 4.46. The zero-order valence-corrected chi connectivity index (χ0v) is 10.8. The maximum atomic E-state index is 10.2. The third-order valence-corrected chi connectivity index (χ3v) is 3.01. The lowest BCUT2D eigenvalue weighted by atomic mass is 9.99. The van der Waals surface area contributed by atoms with Gasteiger partial charge in [-0.1, -0.05) is 18.2 Å². The molecule has 1 aliphatic heterocycles. The number of aliphatic hydroxyl groups is 3. The summed E-state index contributed by atoms with van der Waals surface area (Å²) in [6.07, 6.45) is -7.11. The van der Waals surface area contributed by atoms with E-state index in [4.69, 9.17) is 9.47 Å². The molecule has 5 atom stereocenters. The van der Waals surface area contributed by atoms with Crippen LogP contribution in [0.25, 0.3) is 0 Å². The molecule has 0 radical (unpaired) electrons. The number of hydrogen-bond donors (Lipinski definition) is 3. The summed E-state index contributed by atoms with van der Waals surface area (Å²) in [4.78, 5) is 14.3. The van der Waals surface area contributed by atoms with Crippen LogP contribution >= 0.6 is 0 Å². The van der Waals surface area contributed by atoms with Gasteiger partial charge in [-0.2, -0.15) is 0 Å². The van der Waals surface area contributed by atoms with Crippen molar-refractivity contribution in [1.82, 2.24) is 0 Å².